The Bertz CT molecular complexity index is 472. The molecular weight excluding hydrogens is 444 g/mol. The molecule has 17 heavy (non-hydrogen) atoms. The molecule has 0 atom stereocenters. The Labute approximate surface area is 127 Å². The van der Waals surface area contributed by atoms with E-state index in [1.807, 2.05) is 18.2 Å². The summed E-state index contributed by atoms with van der Waals surface area (Å²) in [6, 6.07) is 16.6. The Morgan fingerprint density at radius 1 is 0.824 bits per heavy atom. The van der Waals surface area contributed by atoms with Gasteiger partial charge in [0.05, 0.1) is 4.92 Å². The fourth-order valence-corrected chi connectivity index (χ4v) is 1.75. The number of rotatable bonds is 1. The van der Waals surface area contributed by atoms with Gasteiger partial charge in [-0.3, -0.25) is 10.1 Å². The van der Waals surface area contributed by atoms with E-state index in [1.165, 1.54) is 15.7 Å². The second-order valence-electron chi connectivity index (χ2n) is 3.03. The van der Waals surface area contributed by atoms with Crippen LogP contribution in [0.3, 0.4) is 0 Å². The minimum Gasteiger partial charge on any atom is -0.258 e. The lowest BCUT2D eigenvalue weighted by Crippen LogP contribution is -1.86. The number of benzene rings is 2. The molecule has 3 nitrogen and oxygen atoms in total. The zero-order valence-electron chi connectivity index (χ0n) is 8.72. The minimum absolute atomic E-state index is 0.139. The van der Waals surface area contributed by atoms with Crippen molar-refractivity contribution in [3.63, 3.8) is 0 Å². The molecule has 0 heterocycles. The molecule has 0 unspecified atom stereocenters. The van der Waals surface area contributed by atoms with Crippen molar-refractivity contribution in [2.24, 2.45) is 0 Å². The summed E-state index contributed by atoms with van der Waals surface area (Å²) in [5.41, 5.74) is 0.139. The number of hydrogen-bond acceptors (Lipinski definition) is 2. The number of nitro groups is 1. The SMILES string of the molecule is Ic1ccccc1.O=[N+]([O-])c1ccc(I)cc1. The minimum atomic E-state index is -0.407. The molecule has 0 fully saturated rings. The molecule has 0 bridgehead atoms. The Kier molecular flexibility index (Phi) is 6.41. The molecule has 0 N–H and O–H groups in total. The summed E-state index contributed by atoms with van der Waals surface area (Å²) in [5, 5.41) is 10.1. The number of nitrogens with zero attached hydrogens (tertiary/aromatic N) is 1. The molecule has 2 aromatic carbocycles. The van der Waals surface area contributed by atoms with E-state index < -0.39 is 4.92 Å². The van der Waals surface area contributed by atoms with Crippen LogP contribution in [0.1, 0.15) is 0 Å². The smallest absolute Gasteiger partial charge is 0.258 e. The monoisotopic (exact) mass is 453 g/mol. The van der Waals surface area contributed by atoms with Gasteiger partial charge < -0.3 is 0 Å². The van der Waals surface area contributed by atoms with Gasteiger partial charge in [-0.15, -0.1) is 0 Å². The average molecular weight is 453 g/mol. The summed E-state index contributed by atoms with van der Waals surface area (Å²) in [5.74, 6) is 0. The van der Waals surface area contributed by atoms with Crippen LogP contribution in [0.4, 0.5) is 5.69 Å². The van der Waals surface area contributed by atoms with E-state index in [4.69, 9.17) is 0 Å². The summed E-state index contributed by atoms with van der Waals surface area (Å²) < 4.78 is 2.29. The van der Waals surface area contributed by atoms with Crippen molar-refractivity contribution in [3.8, 4) is 0 Å². The van der Waals surface area contributed by atoms with Gasteiger partial charge in [0, 0.05) is 19.3 Å². The summed E-state index contributed by atoms with van der Waals surface area (Å²) in [7, 11) is 0. The number of halogens is 2. The van der Waals surface area contributed by atoms with E-state index >= 15 is 0 Å². The third kappa shape index (κ3) is 5.97. The molecule has 2 rings (SSSR count). The van der Waals surface area contributed by atoms with Gasteiger partial charge in [0.2, 0.25) is 0 Å². The van der Waals surface area contributed by atoms with Gasteiger partial charge in [0.25, 0.3) is 5.69 Å². The lowest BCUT2D eigenvalue weighted by atomic mass is 10.3. The Morgan fingerprint density at radius 2 is 1.29 bits per heavy atom. The van der Waals surface area contributed by atoms with Crippen LogP contribution in [0.2, 0.25) is 0 Å². The first-order valence-electron chi connectivity index (χ1n) is 4.70. The normalized spacial score (nSPS) is 9.06. The number of non-ortho nitro benzene ring substituents is 1. The van der Waals surface area contributed by atoms with E-state index in [9.17, 15) is 10.1 Å². The van der Waals surface area contributed by atoms with Gasteiger partial charge in [0.15, 0.2) is 0 Å². The fourth-order valence-electron chi connectivity index (χ4n) is 0.977. The number of hydrogen-bond donors (Lipinski definition) is 0. The zero-order valence-corrected chi connectivity index (χ0v) is 13.0. The van der Waals surface area contributed by atoms with Crippen molar-refractivity contribution in [1.82, 2.24) is 0 Å². The molecule has 0 aliphatic carbocycles. The van der Waals surface area contributed by atoms with Crippen LogP contribution in [0, 0.1) is 17.3 Å². The molecule has 88 valence electrons. The summed E-state index contributed by atoms with van der Waals surface area (Å²) >= 11 is 4.38. The quantitative estimate of drug-likeness (QED) is 0.363. The Morgan fingerprint density at radius 3 is 1.65 bits per heavy atom. The molecule has 0 aliphatic heterocycles. The molecule has 0 aromatic heterocycles. The van der Waals surface area contributed by atoms with Crippen molar-refractivity contribution in [3.05, 3.63) is 71.9 Å². The van der Waals surface area contributed by atoms with Gasteiger partial charge in [-0.05, 0) is 69.4 Å². The maximum absolute atomic E-state index is 10.1. The molecule has 0 saturated heterocycles. The van der Waals surface area contributed by atoms with Crippen LogP contribution >= 0.6 is 45.2 Å². The van der Waals surface area contributed by atoms with Crippen LogP contribution in [-0.2, 0) is 0 Å². The largest absolute Gasteiger partial charge is 0.269 e. The average Bonchev–Trinajstić information content (AvgIpc) is 2.31. The third-order valence-electron chi connectivity index (χ3n) is 1.77. The van der Waals surface area contributed by atoms with E-state index in [0.29, 0.717) is 0 Å². The summed E-state index contributed by atoms with van der Waals surface area (Å²) in [4.78, 5) is 9.71. The number of nitro benzene ring substituents is 1. The highest BCUT2D eigenvalue weighted by Crippen LogP contribution is 2.12. The maximum Gasteiger partial charge on any atom is 0.269 e. The zero-order chi connectivity index (χ0) is 12.7. The highest BCUT2D eigenvalue weighted by Gasteiger charge is 2.01. The van der Waals surface area contributed by atoms with Gasteiger partial charge >= 0.3 is 0 Å². The molecule has 0 spiro atoms. The van der Waals surface area contributed by atoms with Crippen molar-refractivity contribution in [2.75, 3.05) is 0 Å². The van der Waals surface area contributed by atoms with Crippen molar-refractivity contribution < 1.29 is 4.92 Å². The topological polar surface area (TPSA) is 43.1 Å². The van der Waals surface area contributed by atoms with E-state index in [2.05, 4.69) is 57.3 Å². The second kappa shape index (κ2) is 7.59. The molecule has 5 heteroatoms. The van der Waals surface area contributed by atoms with Crippen molar-refractivity contribution >= 4 is 50.9 Å². The van der Waals surface area contributed by atoms with Crippen molar-refractivity contribution in [1.29, 1.82) is 0 Å². The molecule has 0 aliphatic rings. The lowest BCUT2D eigenvalue weighted by Gasteiger charge is -1.88. The van der Waals surface area contributed by atoms with Crippen LogP contribution in [0.15, 0.2) is 54.6 Å². The van der Waals surface area contributed by atoms with Crippen LogP contribution in [-0.4, -0.2) is 4.92 Å². The molecule has 2 aromatic rings. The standard InChI is InChI=1S/C6H4INO2.C6H5I/c7-5-1-3-6(4-2-5)8(9)10;7-6-4-2-1-3-5-6/h1-4H;1-5H. The first-order chi connectivity index (χ1) is 8.09. The van der Waals surface area contributed by atoms with Gasteiger partial charge in [-0.25, -0.2) is 0 Å². The van der Waals surface area contributed by atoms with Crippen LogP contribution in [0.25, 0.3) is 0 Å². The first-order valence-corrected chi connectivity index (χ1v) is 6.86. The van der Waals surface area contributed by atoms with Crippen LogP contribution < -0.4 is 0 Å². The van der Waals surface area contributed by atoms with Crippen LogP contribution in [0.5, 0.6) is 0 Å². The predicted molar refractivity (Wildman–Crippen MR) is 85.0 cm³/mol. The second-order valence-corrected chi connectivity index (χ2v) is 5.52. The van der Waals surface area contributed by atoms with Crippen molar-refractivity contribution in [2.45, 2.75) is 0 Å². The summed E-state index contributed by atoms with van der Waals surface area (Å²) in [6.45, 7) is 0. The van der Waals surface area contributed by atoms with E-state index in [1.54, 1.807) is 12.1 Å². The highest BCUT2D eigenvalue weighted by molar-refractivity contribution is 14.1. The lowest BCUT2D eigenvalue weighted by molar-refractivity contribution is -0.384. The van der Waals surface area contributed by atoms with Gasteiger partial charge in [-0.2, -0.15) is 0 Å². The Hall–Kier alpha value is -0.700. The first kappa shape index (κ1) is 14.4. The maximum atomic E-state index is 10.1. The predicted octanol–water partition coefficient (Wildman–Crippen LogP) is 4.49. The van der Waals surface area contributed by atoms with Gasteiger partial charge in [-0.1, -0.05) is 18.2 Å². The fraction of sp³-hybridized carbons (Fsp3) is 0. The molecule has 0 radical (unpaired) electrons. The Balaban J connectivity index is 0.000000181. The summed E-state index contributed by atoms with van der Waals surface area (Å²) in [6.07, 6.45) is 0. The third-order valence-corrected chi connectivity index (χ3v) is 3.21. The van der Waals surface area contributed by atoms with E-state index in [-0.39, 0.29) is 5.69 Å². The molecular formula is C12H9I2NO2. The molecule has 0 saturated carbocycles. The van der Waals surface area contributed by atoms with Gasteiger partial charge in [0.1, 0.15) is 0 Å². The molecule has 0 amide bonds. The van der Waals surface area contributed by atoms with E-state index in [0.717, 1.165) is 3.57 Å². The highest BCUT2D eigenvalue weighted by atomic mass is 127.